The van der Waals surface area contributed by atoms with Gasteiger partial charge in [0.25, 0.3) is 0 Å². The Morgan fingerprint density at radius 3 is 2.53 bits per heavy atom. The van der Waals surface area contributed by atoms with Gasteiger partial charge in [0.05, 0.1) is 0 Å². The third kappa shape index (κ3) is 3.60. The number of carbonyl (C=O) groups excluding carboxylic acids is 1. The molecule has 1 aromatic rings. The molecule has 78 valence electrons. The summed E-state index contributed by atoms with van der Waals surface area (Å²) in [5.41, 5.74) is 0.998. The lowest BCUT2D eigenvalue weighted by Gasteiger charge is -2.17. The predicted octanol–water partition coefficient (Wildman–Crippen LogP) is 2.96. The van der Waals surface area contributed by atoms with E-state index in [2.05, 4.69) is 0 Å². The summed E-state index contributed by atoms with van der Waals surface area (Å²) < 4.78 is 0. The first-order valence-corrected chi connectivity index (χ1v) is 4.90. The van der Waals surface area contributed by atoms with Gasteiger partial charge >= 0.3 is 0 Å². The Bertz CT molecular complexity index is 370. The molecule has 2 nitrogen and oxygen atoms in total. The summed E-state index contributed by atoms with van der Waals surface area (Å²) in [5.74, 6) is 0. The maximum Gasteiger partial charge on any atom is 0.142 e. The van der Waals surface area contributed by atoms with Crippen molar-refractivity contribution in [2.75, 3.05) is 11.9 Å². The van der Waals surface area contributed by atoms with Crippen molar-refractivity contribution in [3.8, 4) is 0 Å². The second-order valence-electron chi connectivity index (χ2n) is 2.90. The monoisotopic (exact) mass is 221 g/mol. The third-order valence-electron chi connectivity index (χ3n) is 1.89. The highest BCUT2D eigenvalue weighted by Gasteiger charge is 2.01. The zero-order valence-corrected chi connectivity index (χ0v) is 9.19. The lowest BCUT2D eigenvalue weighted by Crippen LogP contribution is -2.12. The van der Waals surface area contributed by atoms with Crippen LogP contribution in [0.2, 0.25) is 0 Å². The van der Waals surface area contributed by atoms with E-state index in [4.69, 9.17) is 11.6 Å². The van der Waals surface area contributed by atoms with Crippen molar-refractivity contribution >= 4 is 23.6 Å². The minimum Gasteiger partial charge on any atom is -0.335 e. The molecule has 0 atom stereocenters. The minimum atomic E-state index is 0.555. The van der Waals surface area contributed by atoms with E-state index >= 15 is 0 Å². The van der Waals surface area contributed by atoms with E-state index < -0.39 is 0 Å². The van der Waals surface area contributed by atoms with Gasteiger partial charge < -0.3 is 4.90 Å². The highest BCUT2D eigenvalue weighted by atomic mass is 35.5. The van der Waals surface area contributed by atoms with Crippen LogP contribution in [0.4, 0.5) is 5.69 Å². The van der Waals surface area contributed by atoms with E-state index in [1.165, 1.54) is 6.08 Å². The summed E-state index contributed by atoms with van der Waals surface area (Å²) in [7, 11) is 1.86. The van der Waals surface area contributed by atoms with Crippen LogP contribution < -0.4 is 4.90 Å². The van der Waals surface area contributed by atoms with Crippen molar-refractivity contribution in [1.29, 1.82) is 0 Å². The topological polar surface area (TPSA) is 20.3 Å². The Hall–Kier alpha value is -1.54. The Morgan fingerprint density at radius 2 is 1.93 bits per heavy atom. The zero-order valence-electron chi connectivity index (χ0n) is 8.43. The SMILES string of the molecule is CN(/C(Cl)=C/C=C/C=O)c1ccccc1. The van der Waals surface area contributed by atoms with Gasteiger partial charge in [-0.3, -0.25) is 4.79 Å². The Morgan fingerprint density at radius 1 is 1.27 bits per heavy atom. The molecule has 0 fully saturated rings. The van der Waals surface area contributed by atoms with Crippen molar-refractivity contribution in [2.24, 2.45) is 0 Å². The van der Waals surface area contributed by atoms with E-state index in [9.17, 15) is 4.79 Å². The minimum absolute atomic E-state index is 0.555. The zero-order chi connectivity index (χ0) is 11.1. The normalized spacial score (nSPS) is 11.7. The Labute approximate surface area is 94.5 Å². The number of hydrogen-bond donors (Lipinski definition) is 0. The van der Waals surface area contributed by atoms with E-state index in [-0.39, 0.29) is 0 Å². The molecule has 15 heavy (non-hydrogen) atoms. The van der Waals surface area contributed by atoms with Crippen molar-refractivity contribution in [3.63, 3.8) is 0 Å². The van der Waals surface area contributed by atoms with Crippen molar-refractivity contribution in [1.82, 2.24) is 0 Å². The van der Waals surface area contributed by atoms with Crippen LogP contribution in [0.25, 0.3) is 0 Å². The summed E-state index contributed by atoms with van der Waals surface area (Å²) in [6.45, 7) is 0. The Balaban J connectivity index is 2.76. The molecule has 0 heterocycles. The number of allylic oxidation sites excluding steroid dienone is 3. The standard InChI is InChI=1S/C12H12ClNO/c1-14(11-7-3-2-4-8-11)12(13)9-5-6-10-15/h2-10H,1H3/b6-5+,12-9+. The molecule has 0 N–H and O–H groups in total. The molecule has 0 aliphatic heterocycles. The molecule has 1 rings (SSSR count). The lowest BCUT2D eigenvalue weighted by atomic mass is 10.3. The van der Waals surface area contributed by atoms with Crippen LogP contribution >= 0.6 is 11.6 Å². The van der Waals surface area contributed by atoms with Gasteiger partial charge in [-0.1, -0.05) is 35.9 Å². The molecular weight excluding hydrogens is 210 g/mol. The summed E-state index contributed by atoms with van der Waals surface area (Å²) in [6.07, 6.45) is 5.38. The molecule has 0 saturated heterocycles. The number of carbonyl (C=O) groups is 1. The largest absolute Gasteiger partial charge is 0.335 e. The van der Waals surface area contributed by atoms with Crippen LogP contribution in [0.5, 0.6) is 0 Å². The van der Waals surface area contributed by atoms with E-state index in [0.29, 0.717) is 11.4 Å². The van der Waals surface area contributed by atoms with Crippen LogP contribution in [-0.2, 0) is 4.79 Å². The molecule has 1 aromatic carbocycles. The van der Waals surface area contributed by atoms with E-state index in [1.807, 2.05) is 42.3 Å². The van der Waals surface area contributed by atoms with Crippen molar-refractivity contribution < 1.29 is 4.79 Å². The molecule has 0 unspecified atom stereocenters. The molecule has 3 heteroatoms. The first-order chi connectivity index (χ1) is 7.25. The first-order valence-electron chi connectivity index (χ1n) is 4.52. The van der Waals surface area contributed by atoms with Gasteiger partial charge in [0.15, 0.2) is 0 Å². The average molecular weight is 222 g/mol. The number of para-hydroxylation sites is 1. The summed E-state index contributed by atoms with van der Waals surface area (Å²) >= 11 is 6.02. The number of hydrogen-bond acceptors (Lipinski definition) is 2. The van der Waals surface area contributed by atoms with Gasteiger partial charge in [-0.25, -0.2) is 0 Å². The van der Waals surface area contributed by atoms with E-state index in [1.54, 1.807) is 12.2 Å². The van der Waals surface area contributed by atoms with Crippen LogP contribution in [0.1, 0.15) is 0 Å². The molecule has 0 radical (unpaired) electrons. The summed E-state index contributed by atoms with van der Waals surface area (Å²) in [5, 5.41) is 0.555. The number of benzene rings is 1. The molecule has 0 aliphatic rings. The highest BCUT2D eigenvalue weighted by Crippen LogP contribution is 2.18. The molecule has 0 bridgehead atoms. The van der Waals surface area contributed by atoms with Gasteiger partial charge in [0.2, 0.25) is 0 Å². The number of anilines is 1. The smallest absolute Gasteiger partial charge is 0.142 e. The fourth-order valence-corrected chi connectivity index (χ4v) is 1.24. The summed E-state index contributed by atoms with van der Waals surface area (Å²) in [6, 6.07) is 9.75. The average Bonchev–Trinajstić information content (AvgIpc) is 2.29. The van der Waals surface area contributed by atoms with Crippen LogP contribution in [0.3, 0.4) is 0 Å². The second-order valence-corrected chi connectivity index (χ2v) is 3.29. The number of halogens is 1. The summed E-state index contributed by atoms with van der Waals surface area (Å²) in [4.78, 5) is 11.9. The predicted molar refractivity (Wildman–Crippen MR) is 64.0 cm³/mol. The first kappa shape index (κ1) is 11.5. The van der Waals surface area contributed by atoms with Crippen LogP contribution in [0.15, 0.2) is 53.7 Å². The van der Waals surface area contributed by atoms with Gasteiger partial charge in [-0.2, -0.15) is 0 Å². The van der Waals surface area contributed by atoms with Crippen LogP contribution in [0, 0.1) is 0 Å². The fourth-order valence-electron chi connectivity index (χ4n) is 1.07. The molecule has 0 aromatic heterocycles. The Kier molecular flexibility index (Phi) is 4.64. The van der Waals surface area contributed by atoms with Gasteiger partial charge in [-0.05, 0) is 24.3 Å². The van der Waals surface area contributed by atoms with E-state index in [0.717, 1.165) is 5.69 Å². The maximum absolute atomic E-state index is 10.1. The molecule has 0 spiro atoms. The van der Waals surface area contributed by atoms with Gasteiger partial charge in [0.1, 0.15) is 11.4 Å². The number of rotatable bonds is 4. The molecule has 0 aliphatic carbocycles. The molecule has 0 amide bonds. The number of nitrogens with zero attached hydrogens (tertiary/aromatic N) is 1. The molecular formula is C12H12ClNO. The second kappa shape index (κ2) is 6.04. The number of aldehydes is 1. The van der Waals surface area contributed by atoms with Gasteiger partial charge in [0, 0.05) is 12.7 Å². The third-order valence-corrected chi connectivity index (χ3v) is 2.27. The van der Waals surface area contributed by atoms with Crippen LogP contribution in [-0.4, -0.2) is 13.3 Å². The van der Waals surface area contributed by atoms with Crippen molar-refractivity contribution in [3.05, 3.63) is 53.7 Å². The lowest BCUT2D eigenvalue weighted by molar-refractivity contribution is -0.104. The van der Waals surface area contributed by atoms with Gasteiger partial charge in [-0.15, -0.1) is 0 Å². The maximum atomic E-state index is 10.1. The fraction of sp³-hybridized carbons (Fsp3) is 0.0833. The van der Waals surface area contributed by atoms with Crippen molar-refractivity contribution in [2.45, 2.75) is 0 Å². The highest BCUT2D eigenvalue weighted by molar-refractivity contribution is 6.31. The molecule has 0 saturated carbocycles. The quantitative estimate of drug-likeness (QED) is 0.337.